The lowest BCUT2D eigenvalue weighted by Gasteiger charge is -2.01. The van der Waals surface area contributed by atoms with E-state index in [-0.39, 0.29) is 17.2 Å². The van der Waals surface area contributed by atoms with Gasteiger partial charge >= 0.3 is 5.97 Å². The normalized spacial score (nSPS) is 10.5. The highest BCUT2D eigenvalue weighted by atomic mass is 19.1. The first-order chi connectivity index (χ1) is 8.00. The molecule has 1 heterocycles. The smallest absolute Gasteiger partial charge is 0.357 e. The minimum absolute atomic E-state index is 0.000556. The lowest BCUT2D eigenvalue weighted by molar-refractivity contribution is 0.0645. The summed E-state index contributed by atoms with van der Waals surface area (Å²) in [6.45, 7) is 1.46. The number of carboxylic acids is 1. The average Bonchev–Trinajstić information content (AvgIpc) is 2.54. The molecule has 1 aromatic heterocycles. The van der Waals surface area contributed by atoms with Crippen molar-refractivity contribution in [2.45, 2.75) is 6.92 Å². The second kappa shape index (κ2) is 3.89. The van der Waals surface area contributed by atoms with E-state index in [1.807, 2.05) is 0 Å². The van der Waals surface area contributed by atoms with Gasteiger partial charge in [-0.05, 0) is 19.1 Å². The Morgan fingerprint density at radius 2 is 2.18 bits per heavy atom. The van der Waals surface area contributed by atoms with Gasteiger partial charge in [0.05, 0.1) is 5.69 Å². The minimum atomic E-state index is -1.29. The monoisotopic (exact) mass is 236 g/mol. The highest BCUT2D eigenvalue weighted by molar-refractivity contribution is 5.87. The molecule has 0 aliphatic heterocycles. The van der Waals surface area contributed by atoms with E-state index in [1.165, 1.54) is 31.2 Å². The average molecular weight is 236 g/mol. The maximum atomic E-state index is 13.0. The van der Waals surface area contributed by atoms with Gasteiger partial charge in [0, 0.05) is 5.56 Å². The number of carboxylic acid groups (broad SMARTS) is 1. The number of rotatable bonds is 2. The van der Waals surface area contributed by atoms with Crippen molar-refractivity contribution in [3.8, 4) is 11.4 Å². The first kappa shape index (κ1) is 11.1. The number of carbonyl (C=O) groups is 1. The SMILES string of the molecule is Cc1nc(-c2cccc(F)c2)n(O)c1C(=O)O. The van der Waals surface area contributed by atoms with Gasteiger partial charge in [-0.25, -0.2) is 14.2 Å². The number of benzene rings is 1. The summed E-state index contributed by atoms with van der Waals surface area (Å²) in [5.41, 5.74) is 0.145. The number of hydrogen-bond acceptors (Lipinski definition) is 3. The van der Waals surface area contributed by atoms with Crippen molar-refractivity contribution in [1.29, 1.82) is 0 Å². The molecule has 0 saturated carbocycles. The van der Waals surface area contributed by atoms with Gasteiger partial charge in [0.25, 0.3) is 0 Å². The molecule has 0 aliphatic carbocycles. The lowest BCUT2D eigenvalue weighted by Crippen LogP contribution is -2.07. The summed E-state index contributed by atoms with van der Waals surface area (Å²) < 4.78 is 13.5. The van der Waals surface area contributed by atoms with Gasteiger partial charge in [0.2, 0.25) is 0 Å². The molecular weight excluding hydrogens is 227 g/mol. The molecule has 0 bridgehead atoms. The summed E-state index contributed by atoms with van der Waals surface area (Å²) in [4.78, 5) is 14.8. The zero-order valence-corrected chi connectivity index (χ0v) is 8.88. The molecule has 0 saturated heterocycles. The lowest BCUT2D eigenvalue weighted by atomic mass is 10.2. The van der Waals surface area contributed by atoms with Gasteiger partial charge in [-0.1, -0.05) is 12.1 Å². The predicted molar refractivity (Wildman–Crippen MR) is 56.5 cm³/mol. The number of nitrogens with zero attached hydrogens (tertiary/aromatic N) is 2. The topological polar surface area (TPSA) is 75.3 Å². The van der Waals surface area contributed by atoms with Crippen molar-refractivity contribution in [1.82, 2.24) is 9.71 Å². The molecule has 1 aromatic carbocycles. The maximum absolute atomic E-state index is 13.0. The van der Waals surface area contributed by atoms with Crippen LogP contribution in [0.25, 0.3) is 11.4 Å². The molecule has 0 aliphatic rings. The Balaban J connectivity index is 2.62. The van der Waals surface area contributed by atoms with Gasteiger partial charge in [-0.2, -0.15) is 4.73 Å². The molecule has 5 nitrogen and oxygen atoms in total. The van der Waals surface area contributed by atoms with E-state index in [9.17, 15) is 14.4 Å². The fraction of sp³-hybridized carbons (Fsp3) is 0.0909. The van der Waals surface area contributed by atoms with Crippen LogP contribution in [0, 0.1) is 12.7 Å². The highest BCUT2D eigenvalue weighted by Gasteiger charge is 2.20. The molecular formula is C11H9FN2O3. The van der Waals surface area contributed by atoms with Crippen molar-refractivity contribution in [2.24, 2.45) is 0 Å². The Hall–Kier alpha value is -2.37. The fourth-order valence-corrected chi connectivity index (χ4v) is 1.58. The van der Waals surface area contributed by atoms with Crippen LogP contribution >= 0.6 is 0 Å². The highest BCUT2D eigenvalue weighted by Crippen LogP contribution is 2.21. The van der Waals surface area contributed by atoms with E-state index in [1.54, 1.807) is 0 Å². The second-order valence-electron chi connectivity index (χ2n) is 3.50. The Bertz CT molecular complexity index is 592. The van der Waals surface area contributed by atoms with Crippen LogP contribution < -0.4 is 0 Å². The molecule has 17 heavy (non-hydrogen) atoms. The standard InChI is InChI=1S/C11H9FN2O3/c1-6-9(11(15)16)14(17)10(13-6)7-3-2-4-8(12)5-7/h2-5,17H,1H3,(H,15,16). The molecule has 0 radical (unpaired) electrons. The first-order valence-corrected chi connectivity index (χ1v) is 4.78. The predicted octanol–water partition coefficient (Wildman–Crippen LogP) is 1.93. The quantitative estimate of drug-likeness (QED) is 0.781. The summed E-state index contributed by atoms with van der Waals surface area (Å²) >= 11 is 0. The summed E-state index contributed by atoms with van der Waals surface area (Å²) in [6.07, 6.45) is 0. The van der Waals surface area contributed by atoms with Gasteiger partial charge in [-0.15, -0.1) is 0 Å². The molecule has 6 heteroatoms. The number of hydrogen-bond donors (Lipinski definition) is 2. The van der Waals surface area contributed by atoms with Crippen molar-refractivity contribution in [3.05, 3.63) is 41.5 Å². The molecule has 2 rings (SSSR count). The second-order valence-corrected chi connectivity index (χ2v) is 3.50. The van der Waals surface area contributed by atoms with Gasteiger partial charge < -0.3 is 10.3 Å². The van der Waals surface area contributed by atoms with E-state index in [4.69, 9.17) is 5.11 Å². The number of aromatic carboxylic acids is 1. The van der Waals surface area contributed by atoms with Crippen molar-refractivity contribution in [3.63, 3.8) is 0 Å². The first-order valence-electron chi connectivity index (χ1n) is 4.78. The van der Waals surface area contributed by atoms with Crippen LogP contribution in [0.2, 0.25) is 0 Å². The third kappa shape index (κ3) is 1.84. The van der Waals surface area contributed by atoms with E-state index in [0.717, 1.165) is 0 Å². The largest absolute Gasteiger partial charge is 0.476 e. The van der Waals surface area contributed by atoms with E-state index in [0.29, 0.717) is 10.3 Å². The fourth-order valence-electron chi connectivity index (χ4n) is 1.58. The van der Waals surface area contributed by atoms with Crippen molar-refractivity contribution in [2.75, 3.05) is 0 Å². The number of aromatic nitrogens is 2. The summed E-state index contributed by atoms with van der Waals surface area (Å²) in [5, 5.41) is 18.5. The molecule has 0 amide bonds. The summed E-state index contributed by atoms with van der Waals surface area (Å²) in [6, 6.07) is 5.40. The van der Waals surface area contributed by atoms with Crippen LogP contribution in [0.4, 0.5) is 4.39 Å². The van der Waals surface area contributed by atoms with Crippen LogP contribution in [0.5, 0.6) is 0 Å². The van der Waals surface area contributed by atoms with E-state index in [2.05, 4.69) is 4.98 Å². The van der Waals surface area contributed by atoms with E-state index < -0.39 is 11.8 Å². The number of imidazole rings is 1. The van der Waals surface area contributed by atoms with Gasteiger partial charge in [0.15, 0.2) is 11.5 Å². The summed E-state index contributed by atoms with van der Waals surface area (Å²) in [7, 11) is 0. The molecule has 88 valence electrons. The third-order valence-electron chi connectivity index (χ3n) is 2.31. The Morgan fingerprint density at radius 1 is 1.47 bits per heavy atom. The molecule has 2 aromatic rings. The van der Waals surface area contributed by atoms with Gasteiger partial charge in [-0.3, -0.25) is 0 Å². The molecule has 0 atom stereocenters. The van der Waals surface area contributed by atoms with Gasteiger partial charge in [0.1, 0.15) is 5.82 Å². The van der Waals surface area contributed by atoms with Crippen LogP contribution in [0.15, 0.2) is 24.3 Å². The minimum Gasteiger partial charge on any atom is -0.476 e. The Kier molecular flexibility index (Phi) is 2.55. The Morgan fingerprint density at radius 3 is 2.71 bits per heavy atom. The van der Waals surface area contributed by atoms with Crippen LogP contribution in [0.1, 0.15) is 16.2 Å². The molecule has 0 spiro atoms. The zero-order chi connectivity index (χ0) is 12.6. The van der Waals surface area contributed by atoms with Crippen molar-refractivity contribution < 1.29 is 19.5 Å². The van der Waals surface area contributed by atoms with Crippen molar-refractivity contribution >= 4 is 5.97 Å². The third-order valence-corrected chi connectivity index (χ3v) is 2.31. The van der Waals surface area contributed by atoms with Crippen LogP contribution in [0.3, 0.4) is 0 Å². The summed E-state index contributed by atoms with van der Waals surface area (Å²) in [5.74, 6) is -1.78. The molecule has 0 unspecified atom stereocenters. The maximum Gasteiger partial charge on any atom is 0.357 e. The van der Waals surface area contributed by atoms with E-state index >= 15 is 0 Å². The van der Waals surface area contributed by atoms with Crippen LogP contribution in [-0.2, 0) is 0 Å². The van der Waals surface area contributed by atoms with Crippen LogP contribution in [-0.4, -0.2) is 26.0 Å². The zero-order valence-electron chi connectivity index (χ0n) is 8.88. The number of halogens is 1. The Labute approximate surface area is 95.7 Å². The number of aryl methyl sites for hydroxylation is 1. The molecule has 0 fully saturated rings. The molecule has 2 N–H and O–H groups in total.